The lowest BCUT2D eigenvalue weighted by Gasteiger charge is -2.18. The summed E-state index contributed by atoms with van der Waals surface area (Å²) in [4.78, 5) is 9.01. The fourth-order valence-electron chi connectivity index (χ4n) is 1.47. The molecule has 0 saturated carbocycles. The predicted octanol–water partition coefficient (Wildman–Crippen LogP) is 1.06. The number of rotatable bonds is 5. The lowest BCUT2D eigenvalue weighted by molar-refractivity contribution is -0.387. The van der Waals surface area contributed by atoms with Gasteiger partial charge in [-0.05, 0) is 12.1 Å². The van der Waals surface area contributed by atoms with Crippen LogP contribution in [0.2, 0.25) is 0 Å². The van der Waals surface area contributed by atoms with Gasteiger partial charge in [-0.3, -0.25) is 16.0 Å². The predicted molar refractivity (Wildman–Crippen MR) is 66.8 cm³/mol. The van der Waals surface area contributed by atoms with E-state index in [4.69, 9.17) is 5.84 Å². The third-order valence-electron chi connectivity index (χ3n) is 2.41. The van der Waals surface area contributed by atoms with Crippen molar-refractivity contribution >= 4 is 21.4 Å². The van der Waals surface area contributed by atoms with E-state index >= 15 is 0 Å². The molecule has 0 aromatic heterocycles. The molecule has 0 bridgehead atoms. The van der Waals surface area contributed by atoms with Crippen molar-refractivity contribution in [2.75, 3.05) is 19.0 Å². The van der Waals surface area contributed by atoms with Crippen LogP contribution >= 0.6 is 0 Å². The van der Waals surface area contributed by atoms with E-state index in [2.05, 4.69) is 5.43 Å². The number of nitrogens with two attached hydrogens (primary N) is 1. The molecule has 3 N–H and O–H groups in total. The molecule has 1 rings (SSSR count). The van der Waals surface area contributed by atoms with Gasteiger partial charge >= 0.3 is 6.18 Å². The molecular weight excluding hydrogens is 317 g/mol. The second kappa shape index (κ2) is 5.83. The number of hydrazine groups is 1. The zero-order valence-corrected chi connectivity index (χ0v) is 11.4. The Kier molecular flexibility index (Phi) is 4.76. The molecule has 0 aliphatic carbocycles. The maximum Gasteiger partial charge on any atom is 0.402 e. The van der Waals surface area contributed by atoms with Crippen LogP contribution in [-0.4, -0.2) is 37.4 Å². The Balaban J connectivity index is 3.34. The Morgan fingerprint density at radius 1 is 1.43 bits per heavy atom. The van der Waals surface area contributed by atoms with Gasteiger partial charge in [0.05, 0.1) is 10.6 Å². The molecule has 0 fully saturated rings. The van der Waals surface area contributed by atoms with Gasteiger partial charge in [-0.25, -0.2) is 8.42 Å². The first kappa shape index (κ1) is 17.1. The maximum absolute atomic E-state index is 12.3. The molecule has 0 radical (unpaired) electrons. The number of sulfonamides is 1. The van der Waals surface area contributed by atoms with Crippen LogP contribution in [0, 0.1) is 10.1 Å². The summed E-state index contributed by atoms with van der Waals surface area (Å²) in [6.45, 7) is -1.76. The minimum absolute atomic E-state index is 0.00905. The number of benzene rings is 1. The number of nitro benzene ring substituents is 1. The molecule has 1 aromatic carbocycles. The molecular formula is C9H11F3N4O4S. The number of nitro groups is 1. The average Bonchev–Trinajstić information content (AvgIpc) is 2.35. The first-order valence-electron chi connectivity index (χ1n) is 5.27. The van der Waals surface area contributed by atoms with Crippen molar-refractivity contribution in [1.82, 2.24) is 4.31 Å². The summed E-state index contributed by atoms with van der Waals surface area (Å²) in [5.41, 5.74) is 1.24. The SMILES string of the molecule is CN(CC(F)(F)F)S(=O)(=O)c1ccc(NN)cc1[N+](=O)[O-]. The average molecular weight is 328 g/mol. The van der Waals surface area contributed by atoms with Gasteiger partial charge in [0.15, 0.2) is 4.90 Å². The first-order valence-corrected chi connectivity index (χ1v) is 6.71. The third-order valence-corrected chi connectivity index (χ3v) is 4.26. The van der Waals surface area contributed by atoms with Gasteiger partial charge in [0.1, 0.15) is 6.54 Å². The van der Waals surface area contributed by atoms with Crippen LogP contribution in [-0.2, 0) is 10.0 Å². The number of hydrogen-bond donors (Lipinski definition) is 2. The topological polar surface area (TPSA) is 119 Å². The van der Waals surface area contributed by atoms with E-state index in [0.29, 0.717) is 7.05 Å². The normalized spacial score (nSPS) is 12.5. The second-order valence-electron chi connectivity index (χ2n) is 3.96. The number of hydrogen-bond acceptors (Lipinski definition) is 6. The Bertz CT molecular complexity index is 647. The summed E-state index contributed by atoms with van der Waals surface area (Å²) < 4.78 is 60.8. The molecule has 12 heteroatoms. The molecule has 1 aromatic rings. The van der Waals surface area contributed by atoms with Crippen LogP contribution in [0.3, 0.4) is 0 Å². The van der Waals surface area contributed by atoms with Crippen LogP contribution in [0.25, 0.3) is 0 Å². The van der Waals surface area contributed by atoms with Crippen LogP contribution in [0.5, 0.6) is 0 Å². The molecule has 0 heterocycles. The number of nitrogen functional groups attached to an aromatic ring is 1. The minimum Gasteiger partial charge on any atom is -0.324 e. The molecule has 8 nitrogen and oxygen atoms in total. The van der Waals surface area contributed by atoms with E-state index < -0.39 is 38.3 Å². The van der Waals surface area contributed by atoms with Crippen LogP contribution in [0.1, 0.15) is 0 Å². The van der Waals surface area contributed by atoms with Crippen molar-refractivity contribution in [3.05, 3.63) is 28.3 Å². The lowest BCUT2D eigenvalue weighted by Crippen LogP contribution is -2.36. The molecule has 0 spiro atoms. The molecule has 0 saturated heterocycles. The van der Waals surface area contributed by atoms with Crippen molar-refractivity contribution < 1.29 is 26.5 Å². The van der Waals surface area contributed by atoms with E-state index in [-0.39, 0.29) is 9.99 Å². The third kappa shape index (κ3) is 4.03. The number of nitrogens with one attached hydrogen (secondary N) is 1. The van der Waals surface area contributed by atoms with Crippen LogP contribution in [0.4, 0.5) is 24.5 Å². The van der Waals surface area contributed by atoms with Crippen molar-refractivity contribution in [3.8, 4) is 0 Å². The maximum atomic E-state index is 12.3. The largest absolute Gasteiger partial charge is 0.402 e. The van der Waals surface area contributed by atoms with Crippen molar-refractivity contribution in [3.63, 3.8) is 0 Å². The fraction of sp³-hybridized carbons (Fsp3) is 0.333. The number of anilines is 1. The number of halogens is 3. The van der Waals surface area contributed by atoms with Gasteiger partial charge in [0.2, 0.25) is 10.0 Å². The van der Waals surface area contributed by atoms with Gasteiger partial charge in [0, 0.05) is 13.1 Å². The van der Waals surface area contributed by atoms with Crippen LogP contribution < -0.4 is 11.3 Å². The van der Waals surface area contributed by atoms with Crippen molar-refractivity contribution in [1.29, 1.82) is 0 Å². The summed E-state index contributed by atoms with van der Waals surface area (Å²) in [6, 6.07) is 2.73. The Morgan fingerprint density at radius 3 is 2.43 bits per heavy atom. The highest BCUT2D eigenvalue weighted by Crippen LogP contribution is 2.30. The Morgan fingerprint density at radius 2 is 2.00 bits per heavy atom. The molecule has 21 heavy (non-hydrogen) atoms. The van der Waals surface area contributed by atoms with E-state index in [1.807, 2.05) is 0 Å². The smallest absolute Gasteiger partial charge is 0.324 e. The summed E-state index contributed by atoms with van der Waals surface area (Å²) in [5, 5.41) is 10.9. The second-order valence-corrected chi connectivity index (χ2v) is 5.97. The quantitative estimate of drug-likeness (QED) is 0.474. The van der Waals surface area contributed by atoms with Gasteiger partial charge in [-0.15, -0.1) is 0 Å². The highest BCUT2D eigenvalue weighted by molar-refractivity contribution is 7.89. The molecule has 0 aliphatic rings. The summed E-state index contributed by atoms with van der Waals surface area (Å²) in [7, 11) is -3.99. The van der Waals surface area contributed by atoms with E-state index in [1.54, 1.807) is 0 Å². The van der Waals surface area contributed by atoms with Gasteiger partial charge < -0.3 is 5.43 Å². The zero-order valence-electron chi connectivity index (χ0n) is 10.6. The summed E-state index contributed by atoms with van der Waals surface area (Å²) in [6.07, 6.45) is -4.77. The molecule has 0 aliphatic heterocycles. The number of alkyl halides is 3. The van der Waals surface area contributed by atoms with Gasteiger partial charge in [0.25, 0.3) is 5.69 Å². The summed E-state index contributed by atoms with van der Waals surface area (Å²) in [5.74, 6) is 5.04. The lowest BCUT2D eigenvalue weighted by atomic mass is 10.3. The minimum atomic E-state index is -4.77. The van der Waals surface area contributed by atoms with Gasteiger partial charge in [-0.2, -0.15) is 17.5 Å². The highest BCUT2D eigenvalue weighted by Gasteiger charge is 2.37. The van der Waals surface area contributed by atoms with Gasteiger partial charge in [-0.1, -0.05) is 0 Å². The Labute approximate surface area is 117 Å². The molecule has 0 amide bonds. The molecule has 0 unspecified atom stereocenters. The molecule has 118 valence electrons. The van der Waals surface area contributed by atoms with E-state index in [1.165, 1.54) is 0 Å². The standard InChI is InChI=1S/C9H11F3N4O4S/c1-15(5-9(10,11)12)21(19,20)8-3-2-6(14-13)4-7(8)16(17)18/h2-4,14H,5,13H2,1H3. The zero-order chi connectivity index (χ0) is 16.4. The number of nitrogens with zero attached hydrogens (tertiary/aromatic N) is 2. The van der Waals surface area contributed by atoms with E-state index in [0.717, 1.165) is 18.2 Å². The summed E-state index contributed by atoms with van der Waals surface area (Å²) >= 11 is 0. The fourth-order valence-corrected chi connectivity index (χ4v) is 2.76. The van der Waals surface area contributed by atoms with Crippen molar-refractivity contribution in [2.45, 2.75) is 11.1 Å². The van der Waals surface area contributed by atoms with Crippen molar-refractivity contribution in [2.24, 2.45) is 5.84 Å². The van der Waals surface area contributed by atoms with E-state index in [9.17, 15) is 31.7 Å². The van der Waals surface area contributed by atoms with Crippen LogP contribution in [0.15, 0.2) is 23.1 Å². The first-order chi connectivity index (χ1) is 9.49. The highest BCUT2D eigenvalue weighted by atomic mass is 32.2. The monoisotopic (exact) mass is 328 g/mol. The molecule has 0 atom stereocenters. The Hall–Kier alpha value is -1.92.